The summed E-state index contributed by atoms with van der Waals surface area (Å²) in [6.45, 7) is 0. The molecule has 2 nitrogen and oxygen atoms in total. The molecule has 0 aliphatic carbocycles. The van der Waals surface area contributed by atoms with Crippen molar-refractivity contribution in [2.75, 3.05) is 7.11 Å². The molecule has 0 saturated heterocycles. The van der Waals surface area contributed by atoms with Crippen molar-refractivity contribution in [3.63, 3.8) is 0 Å². The van der Waals surface area contributed by atoms with Gasteiger partial charge in [-0.2, -0.15) is 0 Å². The highest BCUT2D eigenvalue weighted by molar-refractivity contribution is 7.19. The van der Waals surface area contributed by atoms with E-state index in [4.69, 9.17) is 34.8 Å². The van der Waals surface area contributed by atoms with Gasteiger partial charge in [0.25, 0.3) is 0 Å². The van der Waals surface area contributed by atoms with Gasteiger partial charge in [0, 0.05) is 0 Å². The zero-order valence-corrected chi connectivity index (χ0v) is 8.94. The predicted molar refractivity (Wildman–Crippen MR) is 50.7 cm³/mol. The smallest absolute Gasteiger partial charge is 0.349 e. The highest BCUT2D eigenvalue weighted by Gasteiger charge is 2.19. The highest BCUT2D eigenvalue weighted by atomic mass is 35.5. The Morgan fingerprint density at radius 2 is 1.92 bits per heavy atom. The zero-order valence-electron chi connectivity index (χ0n) is 5.86. The largest absolute Gasteiger partial charge is 0.465 e. The fourth-order valence-corrected chi connectivity index (χ4v) is 2.30. The Bertz CT molecular complexity index is 321. The Morgan fingerprint density at radius 3 is 2.25 bits per heavy atom. The molecule has 0 N–H and O–H groups in total. The van der Waals surface area contributed by atoms with Crippen LogP contribution in [0.1, 0.15) is 9.67 Å². The summed E-state index contributed by atoms with van der Waals surface area (Å²) in [4.78, 5) is 11.2. The van der Waals surface area contributed by atoms with Crippen LogP contribution in [0.15, 0.2) is 0 Å². The standard InChI is InChI=1S/C6H3Cl3O2S/c1-11-6(10)4-2(7)3(8)5(9)12-4/h1H3. The lowest BCUT2D eigenvalue weighted by Gasteiger charge is -1.93. The Balaban J connectivity index is 3.17. The second-order valence-electron chi connectivity index (χ2n) is 1.82. The summed E-state index contributed by atoms with van der Waals surface area (Å²) >= 11 is 17.9. The van der Waals surface area contributed by atoms with Crippen molar-refractivity contribution in [1.82, 2.24) is 0 Å². The van der Waals surface area contributed by atoms with E-state index >= 15 is 0 Å². The molecule has 1 rings (SSSR count). The SMILES string of the molecule is COC(=O)c1sc(Cl)c(Cl)c1Cl. The summed E-state index contributed by atoms with van der Waals surface area (Å²) in [5.74, 6) is -0.529. The lowest BCUT2D eigenvalue weighted by molar-refractivity contribution is 0.0606. The second-order valence-corrected chi connectivity index (χ2v) is 4.20. The van der Waals surface area contributed by atoms with Crippen LogP contribution in [0.4, 0.5) is 0 Å². The fraction of sp³-hybridized carbons (Fsp3) is 0.167. The van der Waals surface area contributed by atoms with Crippen LogP contribution >= 0.6 is 46.1 Å². The minimum atomic E-state index is -0.529. The van der Waals surface area contributed by atoms with Gasteiger partial charge in [-0.15, -0.1) is 11.3 Å². The molecule has 0 saturated carbocycles. The van der Waals surface area contributed by atoms with Gasteiger partial charge in [0.2, 0.25) is 0 Å². The van der Waals surface area contributed by atoms with Gasteiger partial charge >= 0.3 is 5.97 Å². The number of hydrogen-bond donors (Lipinski definition) is 0. The average Bonchev–Trinajstić information content (AvgIpc) is 2.32. The molecule has 0 fully saturated rings. The normalized spacial score (nSPS) is 10.0. The molecular formula is C6H3Cl3O2S. The van der Waals surface area contributed by atoms with Crippen molar-refractivity contribution < 1.29 is 9.53 Å². The molecule has 0 unspecified atom stereocenters. The molecule has 0 aromatic carbocycles. The summed E-state index contributed by atoms with van der Waals surface area (Å²) in [6, 6.07) is 0. The number of carbonyl (C=O) groups excluding carboxylic acids is 1. The molecule has 0 aliphatic heterocycles. The van der Waals surface area contributed by atoms with Gasteiger partial charge in [0.1, 0.15) is 9.21 Å². The van der Waals surface area contributed by atoms with Gasteiger partial charge < -0.3 is 4.74 Å². The van der Waals surface area contributed by atoms with Crippen molar-refractivity contribution in [3.05, 3.63) is 19.3 Å². The summed E-state index contributed by atoms with van der Waals surface area (Å²) in [5.41, 5.74) is 0. The van der Waals surface area contributed by atoms with E-state index in [2.05, 4.69) is 4.74 Å². The fourth-order valence-electron chi connectivity index (χ4n) is 0.589. The van der Waals surface area contributed by atoms with E-state index in [9.17, 15) is 4.79 Å². The van der Waals surface area contributed by atoms with E-state index in [-0.39, 0.29) is 14.9 Å². The maximum atomic E-state index is 11.0. The predicted octanol–water partition coefficient (Wildman–Crippen LogP) is 3.49. The topological polar surface area (TPSA) is 26.3 Å². The number of methoxy groups -OCH3 is 1. The number of rotatable bonds is 1. The van der Waals surface area contributed by atoms with Crippen molar-refractivity contribution in [3.8, 4) is 0 Å². The minimum Gasteiger partial charge on any atom is -0.465 e. The lowest BCUT2D eigenvalue weighted by Crippen LogP contribution is -1.97. The molecule has 0 atom stereocenters. The van der Waals surface area contributed by atoms with E-state index in [1.165, 1.54) is 7.11 Å². The second kappa shape index (κ2) is 3.83. The molecule has 0 amide bonds. The molecule has 1 aromatic heterocycles. The van der Waals surface area contributed by atoms with Crippen molar-refractivity contribution in [2.45, 2.75) is 0 Å². The monoisotopic (exact) mass is 244 g/mol. The molecule has 6 heteroatoms. The van der Waals surface area contributed by atoms with Crippen LogP contribution in [0, 0.1) is 0 Å². The lowest BCUT2D eigenvalue weighted by atomic mass is 10.5. The van der Waals surface area contributed by atoms with Crippen molar-refractivity contribution in [2.24, 2.45) is 0 Å². The summed E-state index contributed by atoms with van der Waals surface area (Å²) in [6.07, 6.45) is 0. The first-order valence-corrected chi connectivity index (χ1v) is 4.74. The van der Waals surface area contributed by atoms with Gasteiger partial charge in [0.05, 0.1) is 17.2 Å². The van der Waals surface area contributed by atoms with E-state index in [1.54, 1.807) is 0 Å². The number of halogens is 3. The summed E-state index contributed by atoms with van der Waals surface area (Å²) in [7, 11) is 1.26. The van der Waals surface area contributed by atoms with Crippen LogP contribution in [-0.4, -0.2) is 13.1 Å². The van der Waals surface area contributed by atoms with Crippen LogP contribution in [0.25, 0.3) is 0 Å². The number of hydrogen-bond acceptors (Lipinski definition) is 3. The Kier molecular flexibility index (Phi) is 3.23. The first kappa shape index (κ1) is 10.1. The first-order valence-electron chi connectivity index (χ1n) is 2.79. The van der Waals surface area contributed by atoms with Gasteiger partial charge in [-0.3, -0.25) is 0 Å². The third-order valence-corrected chi connectivity index (χ3v) is 3.68. The van der Waals surface area contributed by atoms with Gasteiger partial charge in [-0.05, 0) is 0 Å². The average molecular weight is 246 g/mol. The van der Waals surface area contributed by atoms with Crippen LogP contribution in [0.5, 0.6) is 0 Å². The van der Waals surface area contributed by atoms with E-state index < -0.39 is 5.97 Å². The molecule has 1 heterocycles. The first-order chi connectivity index (χ1) is 5.57. The maximum Gasteiger partial charge on any atom is 0.349 e. The molecular weight excluding hydrogens is 242 g/mol. The Labute approximate surface area is 88.0 Å². The third-order valence-electron chi connectivity index (χ3n) is 1.13. The molecule has 0 bridgehead atoms. The van der Waals surface area contributed by atoms with Gasteiger partial charge in [-0.1, -0.05) is 34.8 Å². The van der Waals surface area contributed by atoms with E-state index in [0.717, 1.165) is 11.3 Å². The Hall–Kier alpha value is 0.0400. The molecule has 66 valence electrons. The van der Waals surface area contributed by atoms with Crippen LogP contribution in [-0.2, 0) is 4.74 Å². The zero-order chi connectivity index (χ0) is 9.30. The maximum absolute atomic E-state index is 11.0. The van der Waals surface area contributed by atoms with Crippen molar-refractivity contribution in [1.29, 1.82) is 0 Å². The number of thiophene rings is 1. The van der Waals surface area contributed by atoms with Crippen LogP contribution in [0.2, 0.25) is 14.4 Å². The van der Waals surface area contributed by atoms with Gasteiger partial charge in [0.15, 0.2) is 0 Å². The molecule has 0 radical (unpaired) electrons. The highest BCUT2D eigenvalue weighted by Crippen LogP contribution is 2.40. The van der Waals surface area contributed by atoms with E-state index in [0.29, 0.717) is 4.34 Å². The summed E-state index contributed by atoms with van der Waals surface area (Å²) in [5, 5.41) is 0.349. The minimum absolute atomic E-state index is 0.151. The number of ether oxygens (including phenoxy) is 1. The summed E-state index contributed by atoms with van der Waals surface area (Å²) < 4.78 is 4.75. The van der Waals surface area contributed by atoms with Crippen LogP contribution < -0.4 is 0 Å². The molecule has 0 spiro atoms. The molecule has 0 aliphatic rings. The molecule has 12 heavy (non-hydrogen) atoms. The molecule has 1 aromatic rings. The quantitative estimate of drug-likeness (QED) is 0.708. The van der Waals surface area contributed by atoms with E-state index in [1.807, 2.05) is 0 Å². The number of carbonyl (C=O) groups is 1. The number of esters is 1. The van der Waals surface area contributed by atoms with Crippen LogP contribution in [0.3, 0.4) is 0 Å². The third kappa shape index (κ3) is 1.69. The van der Waals surface area contributed by atoms with Crippen molar-refractivity contribution >= 4 is 52.1 Å². The van der Waals surface area contributed by atoms with Gasteiger partial charge in [-0.25, -0.2) is 4.79 Å². The Morgan fingerprint density at radius 1 is 1.33 bits per heavy atom.